The molecule has 0 unspecified atom stereocenters. The number of hydrogen-bond donors (Lipinski definition) is 0. The maximum absolute atomic E-state index is 13.2. The molecular weight excluding hydrogens is 472 g/mol. The summed E-state index contributed by atoms with van der Waals surface area (Å²) in [6, 6.07) is 21.3. The molecule has 0 radical (unpaired) electrons. The molecule has 8 nitrogen and oxygen atoms in total. The van der Waals surface area contributed by atoms with Crippen LogP contribution in [-0.2, 0) is 0 Å². The fourth-order valence-electron chi connectivity index (χ4n) is 3.90. The minimum absolute atomic E-state index is 0.220. The molecule has 0 saturated carbocycles. The molecule has 4 heterocycles. The molecule has 0 saturated heterocycles. The summed E-state index contributed by atoms with van der Waals surface area (Å²) in [4.78, 5) is 22.4. The van der Waals surface area contributed by atoms with Gasteiger partial charge in [-0.1, -0.05) is 29.5 Å². The molecule has 0 spiro atoms. The number of benzene rings is 2. The van der Waals surface area contributed by atoms with Crippen LogP contribution in [0, 0.1) is 0 Å². The maximum atomic E-state index is 13.2. The van der Waals surface area contributed by atoms with Gasteiger partial charge < -0.3 is 4.74 Å². The number of rotatable bonds is 6. The van der Waals surface area contributed by atoms with Crippen molar-refractivity contribution in [3.63, 3.8) is 0 Å². The second kappa shape index (κ2) is 9.20. The van der Waals surface area contributed by atoms with Gasteiger partial charge in [-0.3, -0.25) is 9.78 Å². The van der Waals surface area contributed by atoms with Crippen LogP contribution in [0.1, 0.15) is 12.5 Å². The fraction of sp³-hybridized carbons (Fsp3) is 0.0741. The summed E-state index contributed by atoms with van der Waals surface area (Å²) >= 11 is 1.30. The lowest BCUT2D eigenvalue weighted by Gasteiger charge is -2.04. The van der Waals surface area contributed by atoms with Crippen LogP contribution >= 0.6 is 11.3 Å². The van der Waals surface area contributed by atoms with E-state index in [2.05, 4.69) is 15.1 Å². The largest absolute Gasteiger partial charge is 0.494 e. The molecule has 176 valence electrons. The Morgan fingerprint density at radius 2 is 1.81 bits per heavy atom. The van der Waals surface area contributed by atoms with Crippen LogP contribution in [0.5, 0.6) is 5.75 Å². The van der Waals surface area contributed by atoms with Crippen molar-refractivity contribution in [2.75, 3.05) is 6.61 Å². The van der Waals surface area contributed by atoms with Crippen molar-refractivity contribution in [1.82, 2.24) is 29.4 Å². The second-order valence-electron chi connectivity index (χ2n) is 7.96. The lowest BCUT2D eigenvalue weighted by molar-refractivity contribution is 0.340. The van der Waals surface area contributed by atoms with Crippen LogP contribution in [0.25, 0.3) is 39.4 Å². The zero-order valence-electron chi connectivity index (χ0n) is 19.3. The standard InChI is InChI=1S/C27H20N6O2S/c1-2-35-22-12-10-18(11-13-22)24-20(17-32(30-24)21-8-4-3-5-9-21)15-23-26(34)33-27(36-23)29-25(31-33)19-7-6-14-28-16-19/h3-17H,2H2,1H3. The van der Waals surface area contributed by atoms with E-state index in [0.717, 1.165) is 33.8 Å². The van der Waals surface area contributed by atoms with Crippen molar-refractivity contribution in [2.45, 2.75) is 6.92 Å². The van der Waals surface area contributed by atoms with Crippen molar-refractivity contribution in [3.05, 3.63) is 106 Å². The Morgan fingerprint density at radius 3 is 2.53 bits per heavy atom. The molecule has 0 atom stereocenters. The molecule has 0 aliphatic heterocycles. The molecule has 0 aliphatic rings. The van der Waals surface area contributed by atoms with E-state index in [0.29, 0.717) is 21.9 Å². The first-order chi connectivity index (χ1) is 17.7. The van der Waals surface area contributed by atoms with E-state index < -0.39 is 0 Å². The predicted octanol–water partition coefficient (Wildman–Crippen LogP) is 4.01. The highest BCUT2D eigenvalue weighted by Gasteiger charge is 2.15. The lowest BCUT2D eigenvalue weighted by atomic mass is 10.1. The third-order valence-corrected chi connectivity index (χ3v) is 6.55. The highest BCUT2D eigenvalue weighted by molar-refractivity contribution is 7.15. The van der Waals surface area contributed by atoms with E-state index in [1.165, 1.54) is 15.9 Å². The number of nitrogens with zero attached hydrogens (tertiary/aromatic N) is 6. The highest BCUT2D eigenvalue weighted by atomic mass is 32.1. The molecule has 4 aromatic heterocycles. The molecule has 0 bridgehead atoms. The van der Waals surface area contributed by atoms with E-state index in [4.69, 9.17) is 9.84 Å². The third-order valence-electron chi connectivity index (χ3n) is 5.59. The van der Waals surface area contributed by atoms with Crippen LogP contribution in [-0.4, -0.2) is 36.0 Å². The Labute approximate surface area is 209 Å². The molecule has 0 fully saturated rings. The number of thiazole rings is 1. The zero-order valence-corrected chi connectivity index (χ0v) is 20.1. The van der Waals surface area contributed by atoms with Gasteiger partial charge in [0.1, 0.15) is 11.4 Å². The molecule has 0 amide bonds. The van der Waals surface area contributed by atoms with E-state index in [1.54, 1.807) is 12.4 Å². The Morgan fingerprint density at radius 1 is 0.972 bits per heavy atom. The van der Waals surface area contributed by atoms with Gasteiger partial charge in [0.2, 0.25) is 4.96 Å². The van der Waals surface area contributed by atoms with Crippen molar-refractivity contribution in [1.29, 1.82) is 0 Å². The summed E-state index contributed by atoms with van der Waals surface area (Å²) in [5, 5.41) is 9.26. The summed E-state index contributed by atoms with van der Waals surface area (Å²) in [6.07, 6.45) is 7.15. The second-order valence-corrected chi connectivity index (χ2v) is 8.97. The minimum atomic E-state index is -0.220. The number of pyridine rings is 1. The van der Waals surface area contributed by atoms with E-state index in [1.807, 2.05) is 90.6 Å². The zero-order chi connectivity index (χ0) is 24.5. The highest BCUT2D eigenvalue weighted by Crippen LogP contribution is 2.26. The Balaban J connectivity index is 1.47. The molecular formula is C27H20N6O2S. The van der Waals surface area contributed by atoms with Gasteiger partial charge in [-0.05, 0) is 61.5 Å². The Hall–Kier alpha value is -4.63. The average molecular weight is 493 g/mol. The third kappa shape index (κ3) is 4.05. The molecule has 9 heteroatoms. The van der Waals surface area contributed by atoms with Crippen LogP contribution in [0.3, 0.4) is 0 Å². The maximum Gasteiger partial charge on any atom is 0.291 e. The van der Waals surface area contributed by atoms with Crippen LogP contribution < -0.4 is 14.8 Å². The van der Waals surface area contributed by atoms with Gasteiger partial charge in [-0.25, -0.2) is 4.68 Å². The van der Waals surface area contributed by atoms with Crippen molar-refractivity contribution in [2.24, 2.45) is 0 Å². The normalized spacial score (nSPS) is 11.9. The SMILES string of the molecule is CCOc1ccc(-c2nn(-c3ccccc3)cc2C=c2sc3nc(-c4cccnc4)nn3c2=O)cc1. The molecule has 6 rings (SSSR count). The molecule has 6 aromatic rings. The Kier molecular flexibility index (Phi) is 5.59. The van der Waals surface area contributed by atoms with Crippen LogP contribution in [0.4, 0.5) is 0 Å². The van der Waals surface area contributed by atoms with Gasteiger partial charge in [0.05, 0.1) is 16.8 Å². The first-order valence-corrected chi connectivity index (χ1v) is 12.2. The average Bonchev–Trinajstić information content (AvgIpc) is 3.61. The van der Waals surface area contributed by atoms with Gasteiger partial charge in [-0.15, -0.1) is 5.10 Å². The van der Waals surface area contributed by atoms with Crippen LogP contribution in [0.2, 0.25) is 0 Å². The lowest BCUT2D eigenvalue weighted by Crippen LogP contribution is -2.23. The smallest absolute Gasteiger partial charge is 0.291 e. The first-order valence-electron chi connectivity index (χ1n) is 11.4. The summed E-state index contributed by atoms with van der Waals surface area (Å²) < 4.78 is 9.28. The minimum Gasteiger partial charge on any atom is -0.494 e. The number of hydrogen-bond acceptors (Lipinski definition) is 7. The molecule has 36 heavy (non-hydrogen) atoms. The quantitative estimate of drug-likeness (QED) is 0.349. The predicted molar refractivity (Wildman–Crippen MR) is 139 cm³/mol. The first kappa shape index (κ1) is 21.9. The van der Waals surface area contributed by atoms with E-state index in [-0.39, 0.29) is 5.56 Å². The molecule has 2 aromatic carbocycles. The molecule has 0 N–H and O–H groups in total. The number of ether oxygens (including phenoxy) is 1. The van der Waals surface area contributed by atoms with Gasteiger partial charge in [0, 0.05) is 35.3 Å². The van der Waals surface area contributed by atoms with Crippen LogP contribution in [0.15, 0.2) is 90.1 Å². The summed E-state index contributed by atoms with van der Waals surface area (Å²) in [7, 11) is 0. The van der Waals surface area contributed by atoms with E-state index >= 15 is 0 Å². The molecule has 0 aliphatic carbocycles. The number of para-hydroxylation sites is 1. The fourth-order valence-corrected chi connectivity index (χ4v) is 4.80. The van der Waals surface area contributed by atoms with Gasteiger partial charge >= 0.3 is 0 Å². The van der Waals surface area contributed by atoms with Crippen molar-refractivity contribution >= 4 is 22.4 Å². The monoisotopic (exact) mass is 492 g/mol. The number of fused-ring (bicyclic) bond motifs is 1. The van der Waals surface area contributed by atoms with Crippen molar-refractivity contribution in [3.8, 4) is 34.1 Å². The summed E-state index contributed by atoms with van der Waals surface area (Å²) in [5.74, 6) is 1.27. The number of aromatic nitrogens is 6. The van der Waals surface area contributed by atoms with Gasteiger partial charge in [0.25, 0.3) is 5.56 Å². The van der Waals surface area contributed by atoms with E-state index in [9.17, 15) is 4.79 Å². The summed E-state index contributed by atoms with van der Waals surface area (Å²) in [6.45, 7) is 2.56. The van der Waals surface area contributed by atoms with Gasteiger partial charge in [0.15, 0.2) is 5.82 Å². The topological polar surface area (TPSA) is 87.2 Å². The van der Waals surface area contributed by atoms with Gasteiger partial charge in [-0.2, -0.15) is 14.6 Å². The summed E-state index contributed by atoms with van der Waals surface area (Å²) in [5.41, 5.74) is 3.97. The van der Waals surface area contributed by atoms with Crippen molar-refractivity contribution < 1.29 is 4.74 Å². The Bertz CT molecular complexity index is 1760.